The van der Waals surface area contributed by atoms with Crippen LogP contribution in [-0.2, 0) is 16.0 Å². The average molecular weight is 223 g/mol. The van der Waals surface area contributed by atoms with E-state index >= 15 is 0 Å². The second kappa shape index (κ2) is 4.62. The molecular formula is C8H9N5O3. The van der Waals surface area contributed by atoms with Gasteiger partial charge < -0.3 is 9.26 Å². The molecule has 0 bridgehead atoms. The average Bonchev–Trinajstić information content (AvgIpc) is 2.86. The third-order valence-corrected chi connectivity index (χ3v) is 1.77. The van der Waals surface area contributed by atoms with Crippen LogP contribution in [0.5, 0.6) is 0 Å². The molecule has 2 aromatic rings. The lowest BCUT2D eigenvalue weighted by Gasteiger charge is -1.92. The molecule has 0 amide bonds. The summed E-state index contributed by atoms with van der Waals surface area (Å²) in [6, 6.07) is 0. The molecule has 2 aromatic heterocycles. The molecule has 84 valence electrons. The van der Waals surface area contributed by atoms with Gasteiger partial charge in [0.1, 0.15) is 6.61 Å². The van der Waals surface area contributed by atoms with Gasteiger partial charge in [0.05, 0.1) is 12.6 Å². The number of carbonyl (C=O) groups excluding carboxylic acids is 1. The summed E-state index contributed by atoms with van der Waals surface area (Å²) in [5, 5.41) is 13.5. The van der Waals surface area contributed by atoms with Crippen molar-refractivity contribution in [2.45, 2.75) is 6.42 Å². The van der Waals surface area contributed by atoms with Gasteiger partial charge in [-0.3, -0.25) is 4.79 Å². The molecule has 0 spiro atoms. The van der Waals surface area contributed by atoms with Crippen molar-refractivity contribution in [2.24, 2.45) is 0 Å². The molecule has 0 saturated carbocycles. The summed E-state index contributed by atoms with van der Waals surface area (Å²) in [7, 11) is 1.45. The summed E-state index contributed by atoms with van der Waals surface area (Å²) in [6.45, 7) is 0.0294. The molecule has 0 aliphatic heterocycles. The zero-order valence-electron chi connectivity index (χ0n) is 8.51. The number of carbonyl (C=O) groups is 1. The van der Waals surface area contributed by atoms with E-state index in [2.05, 4.69) is 30.3 Å². The van der Waals surface area contributed by atoms with Crippen LogP contribution in [0.15, 0.2) is 10.7 Å². The van der Waals surface area contributed by atoms with Gasteiger partial charge in [-0.05, 0) is 0 Å². The highest BCUT2D eigenvalue weighted by atomic mass is 16.5. The lowest BCUT2D eigenvalue weighted by Crippen LogP contribution is -2.09. The van der Waals surface area contributed by atoms with Crippen LogP contribution >= 0.6 is 0 Å². The summed E-state index contributed by atoms with van der Waals surface area (Å²) in [6.07, 6.45) is 1.52. The van der Waals surface area contributed by atoms with E-state index in [1.807, 2.05) is 0 Å². The van der Waals surface area contributed by atoms with Crippen molar-refractivity contribution < 1.29 is 14.1 Å². The number of Topliss-reactive ketones (excluding diaryl/α,β-unsaturated/α-hetero) is 1. The Kier molecular flexibility index (Phi) is 3.01. The monoisotopic (exact) mass is 223 g/mol. The number of H-pyrrole nitrogens is 1. The van der Waals surface area contributed by atoms with Crippen LogP contribution in [0.1, 0.15) is 5.89 Å². The number of methoxy groups -OCH3 is 1. The highest BCUT2D eigenvalue weighted by molar-refractivity contribution is 5.81. The lowest BCUT2D eigenvalue weighted by atomic mass is 10.3. The van der Waals surface area contributed by atoms with E-state index in [-0.39, 0.29) is 24.7 Å². The predicted octanol–water partition coefficient (Wildman–Crippen LogP) is -0.387. The van der Waals surface area contributed by atoms with Crippen molar-refractivity contribution in [3.8, 4) is 11.5 Å². The molecule has 0 fully saturated rings. The normalized spacial score (nSPS) is 10.6. The minimum absolute atomic E-state index is 0.0294. The summed E-state index contributed by atoms with van der Waals surface area (Å²) >= 11 is 0. The Morgan fingerprint density at radius 1 is 1.62 bits per heavy atom. The smallest absolute Gasteiger partial charge is 0.234 e. The fraction of sp³-hybridized carbons (Fsp3) is 0.375. The van der Waals surface area contributed by atoms with E-state index in [9.17, 15) is 4.79 Å². The number of ketones is 1. The van der Waals surface area contributed by atoms with Crippen molar-refractivity contribution in [2.75, 3.05) is 13.7 Å². The van der Waals surface area contributed by atoms with Crippen molar-refractivity contribution in [1.82, 2.24) is 25.6 Å². The molecule has 0 aromatic carbocycles. The molecule has 0 saturated heterocycles. The van der Waals surface area contributed by atoms with Gasteiger partial charge in [-0.25, -0.2) is 0 Å². The largest absolute Gasteiger partial charge is 0.377 e. The van der Waals surface area contributed by atoms with Crippen LogP contribution in [0, 0.1) is 0 Å². The fourth-order valence-electron chi connectivity index (χ4n) is 1.12. The van der Waals surface area contributed by atoms with Gasteiger partial charge in [0.15, 0.2) is 11.5 Å². The van der Waals surface area contributed by atoms with E-state index in [4.69, 9.17) is 4.52 Å². The van der Waals surface area contributed by atoms with Crippen LogP contribution in [0.4, 0.5) is 0 Å². The maximum Gasteiger partial charge on any atom is 0.234 e. The Labute approximate surface area is 90.0 Å². The van der Waals surface area contributed by atoms with Crippen molar-refractivity contribution in [3.63, 3.8) is 0 Å². The zero-order valence-corrected chi connectivity index (χ0v) is 8.51. The number of aromatic amines is 1. The maximum absolute atomic E-state index is 11.2. The first-order valence-corrected chi connectivity index (χ1v) is 4.49. The van der Waals surface area contributed by atoms with Gasteiger partial charge in [0.25, 0.3) is 0 Å². The van der Waals surface area contributed by atoms with E-state index in [0.717, 1.165) is 0 Å². The topological polar surface area (TPSA) is 107 Å². The van der Waals surface area contributed by atoms with Crippen LogP contribution in [0.25, 0.3) is 11.5 Å². The summed E-state index contributed by atoms with van der Waals surface area (Å²) in [5.41, 5.74) is 0.467. The van der Waals surface area contributed by atoms with Gasteiger partial charge in [-0.2, -0.15) is 20.4 Å². The number of ether oxygens (including phenoxy) is 1. The zero-order chi connectivity index (χ0) is 11.4. The minimum Gasteiger partial charge on any atom is -0.377 e. The van der Waals surface area contributed by atoms with E-state index < -0.39 is 0 Å². The summed E-state index contributed by atoms with van der Waals surface area (Å²) in [4.78, 5) is 15.2. The number of nitrogens with zero attached hydrogens (tertiary/aromatic N) is 4. The van der Waals surface area contributed by atoms with E-state index in [1.165, 1.54) is 13.3 Å². The van der Waals surface area contributed by atoms with Crippen molar-refractivity contribution in [3.05, 3.63) is 12.1 Å². The molecule has 8 heteroatoms. The SMILES string of the molecule is COCC(=O)Cc1nc(-c2cn[nH]n2)no1. The Morgan fingerprint density at radius 2 is 2.50 bits per heavy atom. The first-order valence-electron chi connectivity index (χ1n) is 4.49. The third kappa shape index (κ3) is 2.28. The molecule has 0 atom stereocenters. The first kappa shape index (κ1) is 10.4. The minimum atomic E-state index is -0.127. The molecule has 0 aliphatic carbocycles. The number of hydrogen-bond acceptors (Lipinski definition) is 7. The molecule has 0 aliphatic rings. The predicted molar refractivity (Wildman–Crippen MR) is 50.3 cm³/mol. The number of aromatic nitrogens is 5. The molecule has 1 N–H and O–H groups in total. The second-order valence-corrected chi connectivity index (χ2v) is 3.02. The lowest BCUT2D eigenvalue weighted by molar-refractivity contribution is -0.122. The Hall–Kier alpha value is -2.09. The molecular weight excluding hydrogens is 214 g/mol. The Balaban J connectivity index is 2.06. The Morgan fingerprint density at radius 3 is 3.19 bits per heavy atom. The summed E-state index contributed by atoms with van der Waals surface area (Å²) < 4.78 is 9.57. The number of rotatable bonds is 5. The van der Waals surface area contributed by atoms with Gasteiger partial charge in [-0.1, -0.05) is 5.16 Å². The van der Waals surface area contributed by atoms with Crippen LogP contribution in [0.3, 0.4) is 0 Å². The van der Waals surface area contributed by atoms with Gasteiger partial charge in [0, 0.05) is 7.11 Å². The fourth-order valence-corrected chi connectivity index (χ4v) is 1.12. The van der Waals surface area contributed by atoms with Crippen molar-refractivity contribution >= 4 is 5.78 Å². The quantitative estimate of drug-likeness (QED) is 0.735. The maximum atomic E-state index is 11.2. The van der Waals surface area contributed by atoms with Crippen molar-refractivity contribution in [1.29, 1.82) is 0 Å². The molecule has 2 rings (SSSR count). The molecule has 8 nitrogen and oxygen atoms in total. The second-order valence-electron chi connectivity index (χ2n) is 3.02. The highest BCUT2D eigenvalue weighted by Crippen LogP contribution is 2.10. The number of nitrogens with one attached hydrogen (secondary N) is 1. The number of hydrogen-bond donors (Lipinski definition) is 1. The highest BCUT2D eigenvalue weighted by Gasteiger charge is 2.13. The van der Waals surface area contributed by atoms with Gasteiger partial charge in [0.2, 0.25) is 11.7 Å². The molecule has 0 unspecified atom stereocenters. The first-order chi connectivity index (χ1) is 7.79. The van der Waals surface area contributed by atoms with Crippen LogP contribution in [-0.4, -0.2) is 45.1 Å². The molecule has 0 radical (unpaired) electrons. The molecule has 2 heterocycles. The van der Waals surface area contributed by atoms with Crippen LogP contribution in [0.2, 0.25) is 0 Å². The molecule has 16 heavy (non-hydrogen) atoms. The van der Waals surface area contributed by atoms with Gasteiger partial charge in [-0.15, -0.1) is 0 Å². The van der Waals surface area contributed by atoms with E-state index in [0.29, 0.717) is 11.5 Å². The van der Waals surface area contributed by atoms with E-state index in [1.54, 1.807) is 0 Å². The van der Waals surface area contributed by atoms with Gasteiger partial charge >= 0.3 is 0 Å². The van der Waals surface area contributed by atoms with Crippen LogP contribution < -0.4 is 0 Å². The standard InChI is InChI=1S/C8H9N5O3/c1-15-4-5(14)2-7-10-8(12-16-7)6-3-9-13-11-6/h3H,2,4H2,1H3,(H,9,11,13). The summed E-state index contributed by atoms with van der Waals surface area (Å²) in [5.74, 6) is 0.409. The Bertz CT molecular complexity index is 464. The third-order valence-electron chi connectivity index (χ3n) is 1.77.